The first-order valence-electron chi connectivity index (χ1n) is 13.5. The Morgan fingerprint density at radius 2 is 1.67 bits per heavy atom. The minimum absolute atomic E-state index is 0.0104. The second kappa shape index (κ2) is 12.0. The van der Waals surface area contributed by atoms with Gasteiger partial charge < -0.3 is 14.5 Å². The van der Waals surface area contributed by atoms with Crippen LogP contribution in [-0.2, 0) is 4.79 Å². The van der Waals surface area contributed by atoms with Gasteiger partial charge in [0.05, 0.1) is 0 Å². The van der Waals surface area contributed by atoms with Crippen molar-refractivity contribution in [3.05, 3.63) is 88.0 Å². The summed E-state index contributed by atoms with van der Waals surface area (Å²) < 4.78 is 6.23. The first-order valence-corrected chi connectivity index (χ1v) is 14.2. The normalized spacial score (nSPS) is 20.6. The molecule has 39 heavy (non-hydrogen) atoms. The number of piperidine rings is 1. The number of ether oxygens (including phenoxy) is 1. The van der Waals surface area contributed by atoms with Crippen LogP contribution in [0.25, 0.3) is 0 Å². The van der Waals surface area contributed by atoms with E-state index in [0.717, 1.165) is 37.2 Å². The van der Waals surface area contributed by atoms with Gasteiger partial charge in [0, 0.05) is 66.4 Å². The minimum atomic E-state index is -0.198. The van der Waals surface area contributed by atoms with Crippen molar-refractivity contribution in [1.29, 1.82) is 0 Å². The molecule has 3 heterocycles. The Bertz CT molecular complexity index is 1310. The predicted molar refractivity (Wildman–Crippen MR) is 155 cm³/mol. The van der Waals surface area contributed by atoms with Gasteiger partial charge in [-0.1, -0.05) is 35.3 Å². The van der Waals surface area contributed by atoms with Crippen LogP contribution < -0.4 is 9.64 Å². The molecular formula is C31H33Cl2N3O3. The van der Waals surface area contributed by atoms with E-state index in [1.165, 1.54) is 0 Å². The third kappa shape index (κ3) is 6.23. The standard InChI is InChI=1S/C31H33Cl2N3O3/c1-20(37)22-7-11-26(12-8-22)35-16-13-24(14-17-35)31(38)36-18-27(21(2)39-30-29(33)4-3-15-34-30)28(19-36)23-5-9-25(32)10-6-23/h3-12,15,21,24,27-28H,13-14,16-19H2,1-2H3/t21?,27-,28-/m1/s1. The fourth-order valence-corrected chi connectivity index (χ4v) is 6.11. The van der Waals surface area contributed by atoms with Gasteiger partial charge in [-0.05, 0) is 80.8 Å². The van der Waals surface area contributed by atoms with Crippen molar-refractivity contribution in [1.82, 2.24) is 9.88 Å². The molecule has 0 bridgehead atoms. The highest BCUT2D eigenvalue weighted by Gasteiger charge is 2.42. The van der Waals surface area contributed by atoms with Gasteiger partial charge in [-0.2, -0.15) is 0 Å². The van der Waals surface area contributed by atoms with Crippen molar-refractivity contribution in [2.24, 2.45) is 11.8 Å². The van der Waals surface area contributed by atoms with E-state index in [-0.39, 0.29) is 35.5 Å². The van der Waals surface area contributed by atoms with Crippen molar-refractivity contribution in [3.63, 3.8) is 0 Å². The van der Waals surface area contributed by atoms with Crippen LogP contribution in [0.15, 0.2) is 66.9 Å². The van der Waals surface area contributed by atoms with Crippen molar-refractivity contribution in [2.45, 2.75) is 38.7 Å². The van der Waals surface area contributed by atoms with Crippen molar-refractivity contribution in [3.8, 4) is 5.88 Å². The van der Waals surface area contributed by atoms with Gasteiger partial charge in [0.25, 0.3) is 0 Å². The fraction of sp³-hybridized carbons (Fsp3) is 0.387. The van der Waals surface area contributed by atoms with E-state index in [9.17, 15) is 9.59 Å². The first kappa shape index (κ1) is 27.5. The van der Waals surface area contributed by atoms with Crippen LogP contribution >= 0.6 is 23.2 Å². The summed E-state index contributed by atoms with van der Waals surface area (Å²) in [6.45, 7) is 6.48. The molecule has 204 valence electrons. The zero-order chi connectivity index (χ0) is 27.5. The van der Waals surface area contributed by atoms with E-state index in [1.807, 2.05) is 60.4 Å². The van der Waals surface area contributed by atoms with Gasteiger partial charge in [-0.25, -0.2) is 4.98 Å². The monoisotopic (exact) mass is 565 g/mol. The molecular weight excluding hydrogens is 533 g/mol. The molecule has 3 aromatic rings. The Morgan fingerprint density at radius 1 is 0.974 bits per heavy atom. The number of hydrogen-bond donors (Lipinski definition) is 0. The lowest BCUT2D eigenvalue weighted by molar-refractivity contribution is -0.135. The minimum Gasteiger partial charge on any atom is -0.473 e. The van der Waals surface area contributed by atoms with E-state index in [4.69, 9.17) is 27.9 Å². The van der Waals surface area contributed by atoms with Gasteiger partial charge >= 0.3 is 0 Å². The molecule has 1 unspecified atom stereocenters. The largest absolute Gasteiger partial charge is 0.473 e. The van der Waals surface area contributed by atoms with E-state index >= 15 is 0 Å². The summed E-state index contributed by atoms with van der Waals surface area (Å²) >= 11 is 12.5. The summed E-state index contributed by atoms with van der Waals surface area (Å²) in [7, 11) is 0. The van der Waals surface area contributed by atoms with E-state index < -0.39 is 0 Å². The van der Waals surface area contributed by atoms with Crippen LogP contribution in [0.3, 0.4) is 0 Å². The molecule has 2 aliphatic heterocycles. The highest BCUT2D eigenvalue weighted by atomic mass is 35.5. The third-order valence-corrected chi connectivity index (χ3v) is 8.62. The Labute approximate surface area is 239 Å². The molecule has 2 saturated heterocycles. The zero-order valence-corrected chi connectivity index (χ0v) is 23.7. The summed E-state index contributed by atoms with van der Waals surface area (Å²) in [6.07, 6.45) is 3.07. The van der Waals surface area contributed by atoms with E-state index in [1.54, 1.807) is 25.3 Å². The van der Waals surface area contributed by atoms with Crippen LogP contribution in [0.2, 0.25) is 10.0 Å². The number of hydrogen-bond acceptors (Lipinski definition) is 5. The number of nitrogens with zero attached hydrogens (tertiary/aromatic N) is 3. The topological polar surface area (TPSA) is 62.7 Å². The average Bonchev–Trinajstić information content (AvgIpc) is 3.40. The predicted octanol–water partition coefficient (Wildman–Crippen LogP) is 6.52. The van der Waals surface area contributed by atoms with E-state index in [0.29, 0.717) is 34.6 Å². The number of likely N-dealkylation sites (tertiary alicyclic amines) is 1. The average molecular weight is 567 g/mol. The van der Waals surface area contributed by atoms with Crippen LogP contribution in [0.1, 0.15) is 48.5 Å². The summed E-state index contributed by atoms with van der Waals surface area (Å²) in [5.74, 6) is 0.871. The summed E-state index contributed by atoms with van der Waals surface area (Å²) in [6, 6.07) is 19.2. The number of halogens is 2. The maximum Gasteiger partial charge on any atom is 0.232 e. The molecule has 5 rings (SSSR count). The summed E-state index contributed by atoms with van der Waals surface area (Å²) in [4.78, 5) is 34.0. The molecule has 3 atom stereocenters. The van der Waals surface area contributed by atoms with Crippen LogP contribution in [0.5, 0.6) is 5.88 Å². The summed E-state index contributed by atoms with van der Waals surface area (Å²) in [5, 5.41) is 1.16. The lowest BCUT2D eigenvalue weighted by Crippen LogP contribution is -2.42. The van der Waals surface area contributed by atoms with Gasteiger partial charge in [0.15, 0.2) is 5.78 Å². The van der Waals surface area contributed by atoms with Gasteiger partial charge in [-0.3, -0.25) is 9.59 Å². The SMILES string of the molecule is CC(=O)c1ccc(N2CCC(C(=O)N3C[C@H](c4ccc(Cl)cc4)[C@@H](C(C)Oc4ncccc4Cl)C3)CC2)cc1. The Morgan fingerprint density at radius 3 is 2.31 bits per heavy atom. The molecule has 6 nitrogen and oxygen atoms in total. The molecule has 2 aromatic carbocycles. The number of anilines is 1. The lowest BCUT2D eigenvalue weighted by Gasteiger charge is -2.34. The fourth-order valence-electron chi connectivity index (χ4n) is 5.82. The smallest absolute Gasteiger partial charge is 0.232 e. The summed E-state index contributed by atoms with van der Waals surface area (Å²) in [5.41, 5.74) is 2.95. The lowest BCUT2D eigenvalue weighted by atomic mass is 9.86. The second-order valence-corrected chi connectivity index (χ2v) is 11.4. The van der Waals surface area contributed by atoms with Crippen molar-refractivity contribution >= 4 is 40.6 Å². The van der Waals surface area contributed by atoms with Gasteiger partial charge in [0.1, 0.15) is 11.1 Å². The zero-order valence-electron chi connectivity index (χ0n) is 22.2. The quantitative estimate of drug-likeness (QED) is 0.305. The van der Waals surface area contributed by atoms with E-state index in [2.05, 4.69) is 9.88 Å². The van der Waals surface area contributed by atoms with Crippen molar-refractivity contribution in [2.75, 3.05) is 31.1 Å². The number of rotatable bonds is 7. The van der Waals surface area contributed by atoms with Crippen molar-refractivity contribution < 1.29 is 14.3 Å². The maximum absolute atomic E-state index is 13.7. The van der Waals surface area contributed by atoms with Crippen LogP contribution in [0.4, 0.5) is 5.69 Å². The number of Topliss-reactive ketones (excluding diaryl/α,β-unsaturated/α-hetero) is 1. The number of amides is 1. The van der Waals surface area contributed by atoms with Gasteiger partial charge in [-0.15, -0.1) is 0 Å². The van der Waals surface area contributed by atoms with Crippen LogP contribution in [-0.4, -0.2) is 53.9 Å². The number of carbonyl (C=O) groups excluding carboxylic acids is 2. The third-order valence-electron chi connectivity index (χ3n) is 8.08. The molecule has 0 saturated carbocycles. The number of pyridine rings is 1. The number of carbonyl (C=O) groups is 2. The molecule has 1 aromatic heterocycles. The highest BCUT2D eigenvalue weighted by Crippen LogP contribution is 2.38. The first-order chi connectivity index (χ1) is 18.8. The molecule has 0 radical (unpaired) electrons. The molecule has 2 fully saturated rings. The molecule has 0 N–H and O–H groups in total. The molecule has 0 spiro atoms. The van der Waals surface area contributed by atoms with Gasteiger partial charge in [0.2, 0.25) is 11.8 Å². The number of ketones is 1. The molecule has 1 amide bonds. The molecule has 8 heteroatoms. The Hall–Kier alpha value is -3.09. The molecule has 2 aliphatic rings. The number of benzene rings is 2. The number of aromatic nitrogens is 1. The Kier molecular flexibility index (Phi) is 8.43. The second-order valence-electron chi connectivity index (χ2n) is 10.5. The Balaban J connectivity index is 1.27. The molecule has 0 aliphatic carbocycles. The van der Waals surface area contributed by atoms with Crippen LogP contribution in [0, 0.1) is 11.8 Å². The maximum atomic E-state index is 13.7. The highest BCUT2D eigenvalue weighted by molar-refractivity contribution is 6.31.